The topological polar surface area (TPSA) is 79.0 Å². The maximum Gasteiger partial charge on any atom is 0.221 e. The fraction of sp³-hybridized carbons (Fsp3) is 0.522. The van der Waals surface area contributed by atoms with Gasteiger partial charge in [0.05, 0.1) is 34.4 Å². The average Bonchev–Trinajstić information content (AvgIpc) is 3.28. The van der Waals surface area contributed by atoms with Gasteiger partial charge in [0.15, 0.2) is 6.23 Å². The number of nitrogens with one attached hydrogen (secondary N) is 1. The van der Waals surface area contributed by atoms with Crippen LogP contribution in [0, 0.1) is 6.92 Å². The van der Waals surface area contributed by atoms with E-state index in [1.54, 1.807) is 10.8 Å². The summed E-state index contributed by atoms with van der Waals surface area (Å²) >= 11 is 0. The number of pyridine rings is 1. The lowest BCUT2D eigenvalue weighted by Gasteiger charge is -2.23. The highest BCUT2D eigenvalue weighted by atomic mass is 16.5. The second-order valence-electron chi connectivity index (χ2n) is 8.07. The van der Waals surface area contributed by atoms with Crippen molar-refractivity contribution in [3.8, 4) is 17.1 Å². The highest BCUT2D eigenvalue weighted by molar-refractivity contribution is 5.90. The maximum atomic E-state index is 6.26. The smallest absolute Gasteiger partial charge is 0.221 e. The summed E-state index contributed by atoms with van der Waals surface area (Å²) in [5.41, 5.74) is 4.39. The van der Waals surface area contributed by atoms with Crippen LogP contribution in [0.15, 0.2) is 18.8 Å². The Kier molecular flexibility index (Phi) is 6.38. The average molecular weight is 425 g/mol. The van der Waals surface area contributed by atoms with Crippen molar-refractivity contribution in [3.63, 3.8) is 0 Å². The summed E-state index contributed by atoms with van der Waals surface area (Å²) < 4.78 is 16.0. The number of rotatable bonds is 8. The summed E-state index contributed by atoms with van der Waals surface area (Å²) in [6.07, 6.45) is 6.82. The Morgan fingerprint density at radius 1 is 1.39 bits per heavy atom. The van der Waals surface area contributed by atoms with Gasteiger partial charge in [-0.3, -0.25) is 4.98 Å². The summed E-state index contributed by atoms with van der Waals surface area (Å²) in [5.74, 6) is 0.720. The molecule has 1 unspecified atom stereocenters. The van der Waals surface area contributed by atoms with Crippen molar-refractivity contribution in [2.24, 2.45) is 7.05 Å². The minimum Gasteiger partial charge on any atom is -0.473 e. The van der Waals surface area contributed by atoms with Gasteiger partial charge in [0.1, 0.15) is 6.10 Å². The zero-order chi connectivity index (χ0) is 22.0. The van der Waals surface area contributed by atoms with E-state index in [0.29, 0.717) is 0 Å². The fourth-order valence-electron chi connectivity index (χ4n) is 4.13. The molecule has 0 aromatic carbocycles. The van der Waals surface area contributed by atoms with Crippen LogP contribution in [0.3, 0.4) is 0 Å². The van der Waals surface area contributed by atoms with E-state index in [1.165, 1.54) is 0 Å². The van der Waals surface area contributed by atoms with Crippen LogP contribution >= 0.6 is 0 Å². The first kappa shape index (κ1) is 21.5. The van der Waals surface area contributed by atoms with Crippen molar-refractivity contribution in [2.45, 2.75) is 52.4 Å². The van der Waals surface area contributed by atoms with E-state index in [2.05, 4.69) is 36.9 Å². The van der Waals surface area contributed by atoms with Gasteiger partial charge < -0.3 is 14.8 Å². The molecule has 166 valence electrons. The molecule has 3 aromatic heterocycles. The van der Waals surface area contributed by atoms with E-state index < -0.39 is 0 Å². The third-order valence-electron chi connectivity index (χ3n) is 5.66. The summed E-state index contributed by atoms with van der Waals surface area (Å²) in [7, 11) is 1.90. The van der Waals surface area contributed by atoms with Crippen LogP contribution in [0.2, 0.25) is 0 Å². The molecule has 31 heavy (non-hydrogen) atoms. The van der Waals surface area contributed by atoms with Crippen LogP contribution in [-0.4, -0.2) is 50.3 Å². The number of fused-ring (bicyclic) bond motifs is 1. The molecule has 4 rings (SSSR count). The van der Waals surface area contributed by atoms with E-state index >= 15 is 0 Å². The molecule has 1 fully saturated rings. The van der Waals surface area contributed by atoms with Crippen LogP contribution in [-0.2, 0) is 11.8 Å². The Morgan fingerprint density at radius 3 is 2.94 bits per heavy atom. The number of hydrogen-bond donors (Lipinski definition) is 1. The van der Waals surface area contributed by atoms with Gasteiger partial charge in [0.25, 0.3) is 0 Å². The maximum absolute atomic E-state index is 6.26. The van der Waals surface area contributed by atoms with E-state index in [0.717, 1.165) is 78.4 Å². The predicted octanol–water partition coefficient (Wildman–Crippen LogP) is 3.86. The molecule has 0 radical (unpaired) electrons. The Bertz CT molecular complexity index is 1060. The molecule has 0 bridgehead atoms. The van der Waals surface area contributed by atoms with Gasteiger partial charge in [0, 0.05) is 25.6 Å². The molecule has 1 aliphatic heterocycles. The molecule has 0 aliphatic carbocycles. The number of aryl methyl sites for hydroxylation is 2. The number of aromatic nitrogens is 5. The molecular weight excluding hydrogens is 392 g/mol. The second-order valence-corrected chi connectivity index (χ2v) is 8.07. The highest BCUT2D eigenvalue weighted by Gasteiger charge is 2.24. The van der Waals surface area contributed by atoms with Crippen molar-refractivity contribution in [1.82, 2.24) is 29.9 Å². The molecular formula is C23H32N6O2. The summed E-state index contributed by atoms with van der Waals surface area (Å²) in [6.45, 7) is 12.5. The van der Waals surface area contributed by atoms with Gasteiger partial charge in [-0.2, -0.15) is 10.2 Å². The predicted molar refractivity (Wildman–Crippen MR) is 122 cm³/mol. The summed E-state index contributed by atoms with van der Waals surface area (Å²) in [5, 5.41) is 13.7. The lowest BCUT2D eigenvalue weighted by molar-refractivity contribution is -0.0367. The normalized spacial score (nSPS) is 17.7. The van der Waals surface area contributed by atoms with Crippen molar-refractivity contribution in [2.75, 3.05) is 19.7 Å². The Labute approximate surface area is 183 Å². The van der Waals surface area contributed by atoms with Gasteiger partial charge in [0.2, 0.25) is 5.88 Å². The van der Waals surface area contributed by atoms with Crippen LogP contribution in [0.1, 0.15) is 50.7 Å². The van der Waals surface area contributed by atoms with E-state index in [1.807, 2.05) is 24.9 Å². The van der Waals surface area contributed by atoms with E-state index in [9.17, 15) is 0 Å². The van der Waals surface area contributed by atoms with Crippen molar-refractivity contribution in [3.05, 3.63) is 30.2 Å². The first-order valence-electron chi connectivity index (χ1n) is 11.1. The van der Waals surface area contributed by atoms with Crippen molar-refractivity contribution < 1.29 is 9.47 Å². The number of nitrogens with zero attached hydrogens (tertiary/aromatic N) is 5. The van der Waals surface area contributed by atoms with Crippen molar-refractivity contribution >= 4 is 17.0 Å². The molecule has 0 saturated carbocycles. The zero-order valence-corrected chi connectivity index (χ0v) is 18.9. The van der Waals surface area contributed by atoms with Gasteiger partial charge in [-0.25, -0.2) is 9.36 Å². The van der Waals surface area contributed by atoms with Gasteiger partial charge in [-0.15, -0.1) is 0 Å². The van der Waals surface area contributed by atoms with Crippen LogP contribution in [0.25, 0.3) is 28.2 Å². The van der Waals surface area contributed by atoms with E-state index in [4.69, 9.17) is 19.6 Å². The molecule has 8 nitrogen and oxygen atoms in total. The molecule has 4 heterocycles. The molecule has 2 atom stereocenters. The zero-order valence-electron chi connectivity index (χ0n) is 18.9. The van der Waals surface area contributed by atoms with Gasteiger partial charge >= 0.3 is 0 Å². The summed E-state index contributed by atoms with van der Waals surface area (Å²) in [4.78, 5) is 4.78. The number of hydrogen-bond acceptors (Lipinski definition) is 6. The molecule has 1 N–H and O–H groups in total. The number of ether oxygens (including phenoxy) is 2. The first-order chi connectivity index (χ1) is 15.0. The highest BCUT2D eigenvalue weighted by Crippen LogP contribution is 2.35. The van der Waals surface area contributed by atoms with Crippen LogP contribution in [0.5, 0.6) is 5.88 Å². The summed E-state index contributed by atoms with van der Waals surface area (Å²) in [6, 6.07) is 2.06. The molecule has 3 aromatic rings. The largest absolute Gasteiger partial charge is 0.473 e. The molecule has 0 spiro atoms. The Balaban J connectivity index is 1.74. The van der Waals surface area contributed by atoms with Crippen LogP contribution in [0.4, 0.5) is 0 Å². The lowest BCUT2D eigenvalue weighted by Crippen LogP contribution is -2.29. The molecule has 0 amide bonds. The van der Waals surface area contributed by atoms with Crippen molar-refractivity contribution in [1.29, 1.82) is 0 Å². The molecule has 8 heteroatoms. The Morgan fingerprint density at radius 2 is 2.23 bits per heavy atom. The molecule has 1 aliphatic rings. The fourth-order valence-corrected chi connectivity index (χ4v) is 4.13. The third-order valence-corrected chi connectivity index (χ3v) is 5.66. The monoisotopic (exact) mass is 424 g/mol. The quantitative estimate of drug-likeness (QED) is 0.592. The number of likely N-dealkylation sites (N-methyl/N-ethyl adjacent to an activating group) is 1. The lowest BCUT2D eigenvalue weighted by atomic mass is 10.1. The minimum atomic E-state index is -0.0523. The minimum absolute atomic E-state index is 0.00664. The van der Waals surface area contributed by atoms with E-state index in [-0.39, 0.29) is 12.3 Å². The Hall–Kier alpha value is -2.71. The SMILES string of the molecule is C=Cc1nn(C2CCCCO2)c2cnc(-c3c(C)nn(C)c3O[C@@H](C)CNCC)cc12. The van der Waals surface area contributed by atoms with Gasteiger partial charge in [-0.05, 0) is 51.8 Å². The first-order valence-corrected chi connectivity index (χ1v) is 11.1. The standard InChI is InChI=1S/C23H32N6O2/c1-6-18-17-12-19(25-14-20(17)29(27-18)21-10-8-9-11-30-21)22-16(4)26-28(5)23(22)31-15(3)13-24-7-2/h6,12,14-15,21,24H,1,7-11,13H2,2-5H3/t15-,21?/m0/s1. The molecule has 1 saturated heterocycles. The second kappa shape index (κ2) is 9.20. The van der Waals surface area contributed by atoms with Crippen LogP contribution < -0.4 is 10.1 Å². The third kappa shape index (κ3) is 4.22. The van der Waals surface area contributed by atoms with Gasteiger partial charge in [-0.1, -0.05) is 13.5 Å².